The second-order valence-corrected chi connectivity index (χ2v) is 6.03. The first-order valence-electron chi connectivity index (χ1n) is 6.95. The van der Waals surface area contributed by atoms with Crippen LogP contribution in [-0.4, -0.2) is 37.6 Å². The summed E-state index contributed by atoms with van der Waals surface area (Å²) in [6, 6.07) is 0.714. The van der Waals surface area contributed by atoms with Gasteiger partial charge in [0, 0.05) is 19.1 Å². The van der Waals surface area contributed by atoms with E-state index in [9.17, 15) is 0 Å². The van der Waals surface area contributed by atoms with E-state index in [1.807, 2.05) is 0 Å². The Morgan fingerprint density at radius 1 is 1.31 bits per heavy atom. The molecule has 0 heterocycles. The fourth-order valence-corrected chi connectivity index (χ4v) is 2.32. The molecule has 0 spiro atoms. The molecule has 3 atom stereocenters. The Morgan fingerprint density at radius 3 is 2.38 bits per heavy atom. The van der Waals surface area contributed by atoms with Crippen LogP contribution in [0.4, 0.5) is 0 Å². The Labute approximate surface area is 102 Å². The number of nitrogens with zero attached hydrogens (tertiary/aromatic N) is 1. The number of hydrogen-bond acceptors (Lipinski definition) is 2. The highest BCUT2D eigenvalue weighted by molar-refractivity contribution is 4.86. The molecule has 0 bridgehead atoms. The van der Waals surface area contributed by atoms with Crippen molar-refractivity contribution in [3.63, 3.8) is 0 Å². The normalized spacial score (nSPS) is 26.4. The first kappa shape index (κ1) is 14.0. The lowest BCUT2D eigenvalue weighted by Crippen LogP contribution is -2.41. The lowest BCUT2D eigenvalue weighted by atomic mass is 10.1. The van der Waals surface area contributed by atoms with E-state index in [0.717, 1.165) is 30.8 Å². The molecular formula is C14H30N2. The molecule has 1 N–H and O–H groups in total. The van der Waals surface area contributed by atoms with Gasteiger partial charge in [-0.25, -0.2) is 0 Å². The fourth-order valence-electron chi connectivity index (χ4n) is 2.32. The number of likely N-dealkylation sites (N-methyl/N-ethyl adjacent to an activating group) is 1. The van der Waals surface area contributed by atoms with Gasteiger partial charge < -0.3 is 10.2 Å². The Hall–Kier alpha value is -0.0800. The lowest BCUT2D eigenvalue weighted by Gasteiger charge is -2.28. The van der Waals surface area contributed by atoms with E-state index in [2.05, 4.69) is 45.0 Å². The summed E-state index contributed by atoms with van der Waals surface area (Å²) in [4.78, 5) is 2.56. The van der Waals surface area contributed by atoms with E-state index >= 15 is 0 Å². The second kappa shape index (κ2) is 6.61. The molecule has 2 nitrogen and oxygen atoms in total. The molecule has 0 aromatic carbocycles. The van der Waals surface area contributed by atoms with Crippen molar-refractivity contribution in [3.8, 4) is 0 Å². The molecule has 16 heavy (non-hydrogen) atoms. The highest BCUT2D eigenvalue weighted by Gasteiger charge is 2.34. The molecule has 1 fully saturated rings. The molecule has 3 unspecified atom stereocenters. The zero-order valence-electron chi connectivity index (χ0n) is 11.8. The number of hydrogen-bond donors (Lipinski definition) is 1. The van der Waals surface area contributed by atoms with Gasteiger partial charge in [-0.05, 0) is 44.2 Å². The van der Waals surface area contributed by atoms with Gasteiger partial charge in [0.05, 0.1) is 0 Å². The highest BCUT2D eigenvalue weighted by Crippen LogP contribution is 2.38. The summed E-state index contributed by atoms with van der Waals surface area (Å²) in [5, 5.41) is 3.58. The van der Waals surface area contributed by atoms with E-state index in [1.165, 1.54) is 19.4 Å². The van der Waals surface area contributed by atoms with Gasteiger partial charge in [0.15, 0.2) is 0 Å². The second-order valence-electron chi connectivity index (χ2n) is 6.03. The van der Waals surface area contributed by atoms with Crippen molar-refractivity contribution in [2.75, 3.05) is 26.7 Å². The molecule has 0 amide bonds. The van der Waals surface area contributed by atoms with Crippen LogP contribution >= 0.6 is 0 Å². The first-order valence-corrected chi connectivity index (χ1v) is 6.95. The van der Waals surface area contributed by atoms with Crippen LogP contribution in [-0.2, 0) is 0 Å². The smallest absolute Gasteiger partial charge is 0.0215 e. The van der Waals surface area contributed by atoms with E-state index < -0.39 is 0 Å². The molecule has 1 aliphatic carbocycles. The molecular weight excluding hydrogens is 196 g/mol. The Kier molecular flexibility index (Phi) is 5.77. The van der Waals surface area contributed by atoms with Gasteiger partial charge in [-0.2, -0.15) is 0 Å². The van der Waals surface area contributed by atoms with Crippen LogP contribution in [0.5, 0.6) is 0 Å². The molecule has 1 saturated carbocycles. The summed E-state index contributed by atoms with van der Waals surface area (Å²) in [5.41, 5.74) is 0. The summed E-state index contributed by atoms with van der Waals surface area (Å²) in [5.74, 6) is 2.71. The van der Waals surface area contributed by atoms with Crippen LogP contribution in [0.25, 0.3) is 0 Å². The lowest BCUT2D eigenvalue weighted by molar-refractivity contribution is 0.216. The van der Waals surface area contributed by atoms with Crippen LogP contribution in [0.1, 0.15) is 40.5 Å². The first-order chi connectivity index (χ1) is 7.54. The molecule has 0 aromatic rings. The van der Waals surface area contributed by atoms with Crippen molar-refractivity contribution in [2.24, 2.45) is 17.8 Å². The van der Waals surface area contributed by atoms with Crippen molar-refractivity contribution in [3.05, 3.63) is 0 Å². The van der Waals surface area contributed by atoms with Crippen molar-refractivity contribution in [2.45, 2.75) is 46.6 Å². The standard InChI is InChI=1S/C14H30N2/c1-6-14(9-15-8-11(2)3)16(5)10-13-7-12(13)4/h11-15H,6-10H2,1-5H3. The molecule has 1 rings (SSSR count). The van der Waals surface area contributed by atoms with Crippen molar-refractivity contribution >= 4 is 0 Å². The summed E-state index contributed by atoms with van der Waals surface area (Å²) in [6.07, 6.45) is 2.70. The highest BCUT2D eigenvalue weighted by atomic mass is 15.2. The third-order valence-electron chi connectivity index (χ3n) is 3.83. The van der Waals surface area contributed by atoms with E-state index in [-0.39, 0.29) is 0 Å². The third kappa shape index (κ3) is 4.84. The van der Waals surface area contributed by atoms with Crippen molar-refractivity contribution < 1.29 is 0 Å². The van der Waals surface area contributed by atoms with Crippen LogP contribution in [0, 0.1) is 17.8 Å². The fraction of sp³-hybridized carbons (Fsp3) is 1.00. The van der Waals surface area contributed by atoms with E-state index in [1.54, 1.807) is 0 Å². The minimum Gasteiger partial charge on any atom is -0.315 e. The number of rotatable bonds is 8. The maximum atomic E-state index is 3.58. The quantitative estimate of drug-likeness (QED) is 0.684. The van der Waals surface area contributed by atoms with Crippen molar-refractivity contribution in [1.29, 1.82) is 0 Å². The molecule has 0 saturated heterocycles. The molecule has 2 heteroatoms. The molecule has 0 aliphatic heterocycles. The minimum absolute atomic E-state index is 0.714. The topological polar surface area (TPSA) is 15.3 Å². The summed E-state index contributed by atoms with van der Waals surface area (Å²) in [7, 11) is 2.29. The van der Waals surface area contributed by atoms with E-state index in [4.69, 9.17) is 0 Å². The van der Waals surface area contributed by atoms with Gasteiger partial charge in [-0.3, -0.25) is 0 Å². The minimum atomic E-state index is 0.714. The SMILES string of the molecule is CCC(CNCC(C)C)N(C)CC1CC1C. The summed E-state index contributed by atoms with van der Waals surface area (Å²) in [6.45, 7) is 12.8. The van der Waals surface area contributed by atoms with Gasteiger partial charge in [0.2, 0.25) is 0 Å². The third-order valence-corrected chi connectivity index (χ3v) is 3.83. The Bertz CT molecular complexity index is 191. The van der Waals surface area contributed by atoms with Crippen molar-refractivity contribution in [1.82, 2.24) is 10.2 Å². The zero-order valence-corrected chi connectivity index (χ0v) is 11.8. The maximum absolute atomic E-state index is 3.58. The van der Waals surface area contributed by atoms with Gasteiger partial charge >= 0.3 is 0 Å². The zero-order chi connectivity index (χ0) is 12.1. The van der Waals surface area contributed by atoms with E-state index in [0.29, 0.717) is 6.04 Å². The van der Waals surface area contributed by atoms with Crippen LogP contribution < -0.4 is 5.32 Å². The van der Waals surface area contributed by atoms with Crippen LogP contribution in [0.3, 0.4) is 0 Å². The molecule has 0 aromatic heterocycles. The average molecular weight is 226 g/mol. The average Bonchev–Trinajstić information content (AvgIpc) is 2.88. The maximum Gasteiger partial charge on any atom is 0.0215 e. The number of nitrogens with one attached hydrogen (secondary N) is 1. The molecule has 0 radical (unpaired) electrons. The molecule has 1 aliphatic rings. The largest absolute Gasteiger partial charge is 0.315 e. The van der Waals surface area contributed by atoms with Crippen LogP contribution in [0.2, 0.25) is 0 Å². The molecule has 96 valence electrons. The van der Waals surface area contributed by atoms with Crippen LogP contribution in [0.15, 0.2) is 0 Å². The Balaban J connectivity index is 2.18. The van der Waals surface area contributed by atoms with Gasteiger partial charge in [0.1, 0.15) is 0 Å². The summed E-state index contributed by atoms with van der Waals surface area (Å²) >= 11 is 0. The Morgan fingerprint density at radius 2 is 1.94 bits per heavy atom. The monoisotopic (exact) mass is 226 g/mol. The predicted octanol–water partition coefficient (Wildman–Crippen LogP) is 2.60. The summed E-state index contributed by atoms with van der Waals surface area (Å²) < 4.78 is 0. The van der Waals surface area contributed by atoms with Gasteiger partial charge in [-0.15, -0.1) is 0 Å². The van der Waals surface area contributed by atoms with Gasteiger partial charge in [0.25, 0.3) is 0 Å². The van der Waals surface area contributed by atoms with Gasteiger partial charge in [-0.1, -0.05) is 27.7 Å². The predicted molar refractivity (Wildman–Crippen MR) is 71.7 cm³/mol.